The van der Waals surface area contributed by atoms with Crippen LogP contribution in [0.3, 0.4) is 0 Å². The molecule has 0 saturated carbocycles. The van der Waals surface area contributed by atoms with Gasteiger partial charge in [-0.15, -0.1) is 0 Å². The van der Waals surface area contributed by atoms with Gasteiger partial charge in [0.2, 0.25) is 0 Å². The fraction of sp³-hybridized carbons (Fsp3) is 0.269. The number of carbonyl (C=O) groups excluding carboxylic acids is 1. The average molecular weight is 419 g/mol. The van der Waals surface area contributed by atoms with Gasteiger partial charge in [-0.05, 0) is 80.8 Å². The summed E-state index contributed by atoms with van der Waals surface area (Å²) in [5.41, 5.74) is 4.91. The molecule has 0 atom stereocenters. The first-order valence-electron chi connectivity index (χ1n) is 10.5. The number of rotatable bonds is 4. The summed E-state index contributed by atoms with van der Waals surface area (Å²) >= 11 is 0. The molecule has 4 rings (SSSR count). The predicted octanol–water partition coefficient (Wildman–Crippen LogP) is 6.09. The number of halogens is 1. The van der Waals surface area contributed by atoms with E-state index in [1.807, 2.05) is 32.9 Å². The normalized spacial score (nSPS) is 13.5. The van der Waals surface area contributed by atoms with Crippen LogP contribution in [0, 0.1) is 5.82 Å². The van der Waals surface area contributed by atoms with Crippen molar-refractivity contribution in [3.8, 4) is 0 Å². The summed E-state index contributed by atoms with van der Waals surface area (Å²) < 4.78 is 18.9. The van der Waals surface area contributed by atoms with Crippen molar-refractivity contribution in [1.29, 1.82) is 0 Å². The number of carbonyl (C=O) groups is 1. The molecule has 1 aliphatic heterocycles. The Labute approximate surface area is 182 Å². The molecule has 0 aromatic heterocycles. The van der Waals surface area contributed by atoms with E-state index in [-0.39, 0.29) is 5.82 Å². The van der Waals surface area contributed by atoms with Gasteiger partial charge in [0, 0.05) is 24.5 Å². The van der Waals surface area contributed by atoms with E-state index in [2.05, 4.69) is 34.5 Å². The third-order valence-electron chi connectivity index (χ3n) is 5.24. The maximum Gasteiger partial charge on any atom is 0.340 e. The maximum atomic E-state index is 13.3. The zero-order valence-electron chi connectivity index (χ0n) is 18.1. The lowest BCUT2D eigenvalue weighted by Gasteiger charge is -2.31. The molecule has 0 bridgehead atoms. The zero-order valence-corrected chi connectivity index (χ0v) is 18.1. The van der Waals surface area contributed by atoms with Crippen molar-refractivity contribution >= 4 is 23.0 Å². The summed E-state index contributed by atoms with van der Waals surface area (Å²) in [7, 11) is 0. The first-order valence-corrected chi connectivity index (χ1v) is 10.5. The second-order valence-electron chi connectivity index (χ2n) is 8.80. The molecule has 0 unspecified atom stereocenters. The molecule has 3 aromatic carbocycles. The van der Waals surface area contributed by atoms with Gasteiger partial charge in [0.05, 0.1) is 11.3 Å². The zero-order chi connectivity index (χ0) is 22.0. The summed E-state index contributed by atoms with van der Waals surface area (Å²) in [6, 6.07) is 20.3. The van der Waals surface area contributed by atoms with Crippen LogP contribution in [-0.4, -0.2) is 18.1 Å². The van der Waals surface area contributed by atoms with Crippen LogP contribution in [0.1, 0.15) is 42.3 Å². The van der Waals surface area contributed by atoms with Gasteiger partial charge < -0.3 is 15.0 Å². The van der Waals surface area contributed by atoms with Gasteiger partial charge in [0.1, 0.15) is 11.4 Å². The molecule has 1 N–H and O–H groups in total. The predicted molar refractivity (Wildman–Crippen MR) is 122 cm³/mol. The lowest BCUT2D eigenvalue weighted by molar-refractivity contribution is 0.00707. The molecule has 0 aliphatic carbocycles. The topological polar surface area (TPSA) is 41.6 Å². The number of hydrogen-bond donors (Lipinski definition) is 1. The van der Waals surface area contributed by atoms with Crippen molar-refractivity contribution < 1.29 is 13.9 Å². The number of esters is 1. The van der Waals surface area contributed by atoms with Crippen molar-refractivity contribution in [3.05, 3.63) is 89.2 Å². The molecule has 31 heavy (non-hydrogen) atoms. The Hall–Kier alpha value is -3.34. The lowest BCUT2D eigenvalue weighted by atomic mass is 9.99. The van der Waals surface area contributed by atoms with Gasteiger partial charge in [0.15, 0.2) is 0 Å². The number of nitrogens with zero attached hydrogens (tertiary/aromatic N) is 1. The van der Waals surface area contributed by atoms with Crippen LogP contribution in [0.25, 0.3) is 0 Å². The molecule has 0 fully saturated rings. The van der Waals surface area contributed by atoms with Crippen molar-refractivity contribution in [3.63, 3.8) is 0 Å². The monoisotopic (exact) mass is 418 g/mol. The summed E-state index contributed by atoms with van der Waals surface area (Å²) in [6.07, 6.45) is 0.977. The van der Waals surface area contributed by atoms with Crippen molar-refractivity contribution in [2.45, 2.75) is 39.3 Å². The SMILES string of the molecule is CC(C)(C)OC(=O)c1ccc(N2CCc3ccccc3C2)cc1Nc1ccc(F)cc1. The molecule has 4 nitrogen and oxygen atoms in total. The highest BCUT2D eigenvalue weighted by Gasteiger charge is 2.23. The van der Waals surface area contributed by atoms with E-state index in [0.717, 1.165) is 25.2 Å². The first-order chi connectivity index (χ1) is 14.8. The molecule has 1 heterocycles. The Morgan fingerprint density at radius 3 is 2.42 bits per heavy atom. The van der Waals surface area contributed by atoms with Crippen LogP contribution >= 0.6 is 0 Å². The minimum atomic E-state index is -0.598. The minimum Gasteiger partial charge on any atom is -0.456 e. The molecule has 3 aromatic rings. The number of hydrogen-bond acceptors (Lipinski definition) is 4. The third kappa shape index (κ3) is 5.05. The fourth-order valence-corrected chi connectivity index (χ4v) is 3.75. The van der Waals surface area contributed by atoms with Gasteiger partial charge in [-0.25, -0.2) is 9.18 Å². The number of ether oxygens (including phenoxy) is 1. The van der Waals surface area contributed by atoms with Crippen LogP contribution in [0.4, 0.5) is 21.5 Å². The van der Waals surface area contributed by atoms with E-state index < -0.39 is 11.6 Å². The van der Waals surface area contributed by atoms with Gasteiger partial charge in [-0.2, -0.15) is 0 Å². The van der Waals surface area contributed by atoms with E-state index in [1.54, 1.807) is 18.2 Å². The smallest absolute Gasteiger partial charge is 0.340 e. The van der Waals surface area contributed by atoms with E-state index in [1.165, 1.54) is 23.3 Å². The Morgan fingerprint density at radius 1 is 1.00 bits per heavy atom. The molecule has 160 valence electrons. The molecule has 0 amide bonds. The highest BCUT2D eigenvalue weighted by atomic mass is 19.1. The van der Waals surface area contributed by atoms with Crippen molar-refractivity contribution in [2.75, 3.05) is 16.8 Å². The lowest BCUT2D eigenvalue weighted by Crippen LogP contribution is -2.30. The van der Waals surface area contributed by atoms with E-state index >= 15 is 0 Å². The summed E-state index contributed by atoms with van der Waals surface area (Å²) in [5.74, 6) is -0.703. The third-order valence-corrected chi connectivity index (χ3v) is 5.24. The van der Waals surface area contributed by atoms with E-state index in [9.17, 15) is 9.18 Å². The van der Waals surface area contributed by atoms with Gasteiger partial charge in [-0.1, -0.05) is 24.3 Å². The van der Waals surface area contributed by atoms with E-state index in [0.29, 0.717) is 16.9 Å². The Morgan fingerprint density at radius 2 is 1.71 bits per heavy atom. The quantitative estimate of drug-likeness (QED) is 0.521. The first kappa shape index (κ1) is 20.9. The highest BCUT2D eigenvalue weighted by Crippen LogP contribution is 2.31. The molecule has 5 heteroatoms. The Bertz CT molecular complexity index is 1090. The molecule has 1 aliphatic rings. The molecule has 0 saturated heterocycles. The number of anilines is 3. The van der Waals surface area contributed by atoms with Crippen molar-refractivity contribution in [2.24, 2.45) is 0 Å². The van der Waals surface area contributed by atoms with Crippen molar-refractivity contribution in [1.82, 2.24) is 0 Å². The molecule has 0 radical (unpaired) electrons. The summed E-state index contributed by atoms with van der Waals surface area (Å²) in [5, 5.41) is 3.27. The van der Waals surface area contributed by atoms with Gasteiger partial charge >= 0.3 is 5.97 Å². The molecular weight excluding hydrogens is 391 g/mol. The Kier molecular flexibility index (Phi) is 5.68. The molecular formula is C26H27FN2O2. The van der Waals surface area contributed by atoms with Crippen LogP contribution in [0.5, 0.6) is 0 Å². The standard InChI is InChI=1S/C26H27FN2O2/c1-26(2,3)31-25(30)23-13-12-22(16-24(23)28-21-10-8-20(27)9-11-21)29-15-14-18-6-4-5-7-19(18)17-29/h4-13,16,28H,14-15,17H2,1-3H3. The second kappa shape index (κ2) is 8.42. The van der Waals surface area contributed by atoms with Crippen LogP contribution < -0.4 is 10.2 Å². The summed E-state index contributed by atoms with van der Waals surface area (Å²) in [6.45, 7) is 7.25. The van der Waals surface area contributed by atoms with Crippen LogP contribution in [-0.2, 0) is 17.7 Å². The van der Waals surface area contributed by atoms with Crippen LogP contribution in [0.15, 0.2) is 66.7 Å². The largest absolute Gasteiger partial charge is 0.456 e. The minimum absolute atomic E-state index is 0.307. The van der Waals surface area contributed by atoms with Gasteiger partial charge in [0.25, 0.3) is 0 Å². The van der Waals surface area contributed by atoms with Gasteiger partial charge in [-0.3, -0.25) is 0 Å². The second-order valence-corrected chi connectivity index (χ2v) is 8.80. The fourth-order valence-electron chi connectivity index (χ4n) is 3.75. The number of benzene rings is 3. The maximum absolute atomic E-state index is 13.3. The Balaban J connectivity index is 1.66. The average Bonchev–Trinajstić information content (AvgIpc) is 2.74. The summed E-state index contributed by atoms with van der Waals surface area (Å²) in [4.78, 5) is 15.1. The van der Waals surface area contributed by atoms with Crippen LogP contribution in [0.2, 0.25) is 0 Å². The number of nitrogens with one attached hydrogen (secondary N) is 1. The molecule has 0 spiro atoms. The highest BCUT2D eigenvalue weighted by molar-refractivity contribution is 5.97. The number of fused-ring (bicyclic) bond motifs is 1. The van der Waals surface area contributed by atoms with E-state index in [4.69, 9.17) is 4.74 Å².